The van der Waals surface area contributed by atoms with Gasteiger partial charge in [-0.1, -0.05) is 27.2 Å². The first-order valence-corrected chi connectivity index (χ1v) is 8.18. The summed E-state index contributed by atoms with van der Waals surface area (Å²) in [5, 5.41) is 10.1. The van der Waals surface area contributed by atoms with Gasteiger partial charge in [0.15, 0.2) is 0 Å². The predicted octanol–water partition coefficient (Wildman–Crippen LogP) is 2.21. The first kappa shape index (κ1) is 16.0. The molecule has 0 aliphatic carbocycles. The molecule has 0 saturated carbocycles. The van der Waals surface area contributed by atoms with Crippen LogP contribution in [0.2, 0.25) is 0 Å². The van der Waals surface area contributed by atoms with Crippen molar-refractivity contribution in [1.82, 2.24) is 20.4 Å². The second-order valence-corrected chi connectivity index (χ2v) is 6.29. The molecule has 1 saturated heterocycles. The van der Waals surface area contributed by atoms with Gasteiger partial charge in [0.2, 0.25) is 0 Å². The van der Waals surface area contributed by atoms with Crippen molar-refractivity contribution in [2.24, 2.45) is 5.92 Å². The normalized spacial score (nSPS) is 17.3. The number of rotatable bonds is 7. The van der Waals surface area contributed by atoms with Crippen LogP contribution < -0.4 is 5.32 Å². The summed E-state index contributed by atoms with van der Waals surface area (Å²) in [7, 11) is 0. The Labute approximate surface area is 127 Å². The number of carbonyl (C=O) groups is 1. The maximum atomic E-state index is 12.2. The minimum absolute atomic E-state index is 0.0709. The van der Waals surface area contributed by atoms with Crippen LogP contribution in [0, 0.1) is 5.92 Å². The number of nitrogens with one attached hydrogen (secondary N) is 2. The van der Waals surface area contributed by atoms with Gasteiger partial charge in [-0.25, -0.2) is 0 Å². The van der Waals surface area contributed by atoms with Gasteiger partial charge in [-0.2, -0.15) is 5.10 Å². The highest BCUT2D eigenvalue weighted by atomic mass is 16.1. The number of hydrogen-bond donors (Lipinski definition) is 2. The molecular formula is C16H28N4O. The maximum absolute atomic E-state index is 12.2. The van der Waals surface area contributed by atoms with Crippen molar-refractivity contribution in [2.45, 2.75) is 52.5 Å². The van der Waals surface area contributed by atoms with Crippen LogP contribution in [0.15, 0.2) is 6.07 Å². The number of aromatic amines is 1. The highest BCUT2D eigenvalue weighted by molar-refractivity contribution is 5.92. The number of aromatic nitrogens is 2. The van der Waals surface area contributed by atoms with Gasteiger partial charge in [-0.3, -0.25) is 14.8 Å². The monoisotopic (exact) mass is 292 g/mol. The molecule has 1 aliphatic rings. The second-order valence-electron chi connectivity index (χ2n) is 6.29. The van der Waals surface area contributed by atoms with Gasteiger partial charge in [0.1, 0.15) is 5.69 Å². The van der Waals surface area contributed by atoms with Crippen molar-refractivity contribution in [1.29, 1.82) is 0 Å². The molecule has 0 unspecified atom stereocenters. The Bertz CT molecular complexity index is 449. The Morgan fingerprint density at radius 3 is 2.76 bits per heavy atom. The summed E-state index contributed by atoms with van der Waals surface area (Å²) in [6.07, 6.45) is 4.53. The Morgan fingerprint density at radius 1 is 1.43 bits per heavy atom. The number of likely N-dealkylation sites (tertiary alicyclic amines) is 1. The van der Waals surface area contributed by atoms with Gasteiger partial charge < -0.3 is 5.32 Å². The van der Waals surface area contributed by atoms with E-state index in [9.17, 15) is 4.79 Å². The van der Waals surface area contributed by atoms with Crippen molar-refractivity contribution in [3.63, 3.8) is 0 Å². The summed E-state index contributed by atoms with van der Waals surface area (Å²) in [6.45, 7) is 9.58. The van der Waals surface area contributed by atoms with Gasteiger partial charge in [0.05, 0.1) is 0 Å². The summed E-state index contributed by atoms with van der Waals surface area (Å²) < 4.78 is 0. The molecule has 1 fully saturated rings. The van der Waals surface area contributed by atoms with Gasteiger partial charge in [-0.05, 0) is 44.3 Å². The summed E-state index contributed by atoms with van der Waals surface area (Å²) in [5.41, 5.74) is 1.53. The topological polar surface area (TPSA) is 61.0 Å². The zero-order valence-electron chi connectivity index (χ0n) is 13.5. The molecule has 1 aromatic rings. The third-order valence-corrected chi connectivity index (χ3v) is 4.23. The van der Waals surface area contributed by atoms with E-state index in [4.69, 9.17) is 0 Å². The van der Waals surface area contributed by atoms with E-state index in [1.54, 1.807) is 0 Å². The molecule has 1 atom stereocenters. The molecule has 0 radical (unpaired) electrons. The lowest BCUT2D eigenvalue weighted by Gasteiger charge is -2.30. The van der Waals surface area contributed by atoms with Gasteiger partial charge in [0.25, 0.3) is 5.91 Å². The number of aryl methyl sites for hydroxylation is 1. The molecule has 5 nitrogen and oxygen atoms in total. The molecule has 5 heteroatoms. The quantitative estimate of drug-likeness (QED) is 0.810. The van der Waals surface area contributed by atoms with E-state index < -0.39 is 0 Å². The van der Waals surface area contributed by atoms with E-state index in [1.807, 2.05) is 6.07 Å². The van der Waals surface area contributed by atoms with Crippen LogP contribution in [0.1, 0.15) is 56.2 Å². The van der Waals surface area contributed by atoms with Gasteiger partial charge in [0, 0.05) is 18.3 Å². The van der Waals surface area contributed by atoms with Gasteiger partial charge >= 0.3 is 0 Å². The smallest absolute Gasteiger partial charge is 0.271 e. The zero-order chi connectivity index (χ0) is 15.2. The standard InChI is InChI=1S/C16H28N4O/c1-4-7-13-10-14(19-18-13)16(21)17-11-15(12(2)3)20-8-5-6-9-20/h10,12,15H,4-9,11H2,1-3H3,(H,17,21)(H,18,19)/t15-/m1/s1. The summed E-state index contributed by atoms with van der Waals surface area (Å²) in [6, 6.07) is 2.28. The van der Waals surface area contributed by atoms with Crippen LogP contribution in [0.5, 0.6) is 0 Å². The van der Waals surface area contributed by atoms with Crippen molar-refractivity contribution in [2.75, 3.05) is 19.6 Å². The lowest BCUT2D eigenvalue weighted by molar-refractivity contribution is 0.0922. The van der Waals surface area contributed by atoms with E-state index in [-0.39, 0.29) is 5.91 Å². The van der Waals surface area contributed by atoms with Crippen molar-refractivity contribution in [3.8, 4) is 0 Å². The molecule has 1 amide bonds. The molecule has 0 aromatic carbocycles. The fraction of sp³-hybridized carbons (Fsp3) is 0.750. The maximum Gasteiger partial charge on any atom is 0.271 e. The molecule has 0 bridgehead atoms. The first-order chi connectivity index (χ1) is 10.1. The molecule has 2 heterocycles. The molecule has 2 N–H and O–H groups in total. The van der Waals surface area contributed by atoms with E-state index in [0.29, 0.717) is 24.2 Å². The fourth-order valence-electron chi connectivity index (χ4n) is 3.02. The Hall–Kier alpha value is -1.36. The summed E-state index contributed by atoms with van der Waals surface area (Å²) in [4.78, 5) is 14.7. The molecule has 2 rings (SSSR count). The highest BCUT2D eigenvalue weighted by Gasteiger charge is 2.25. The van der Waals surface area contributed by atoms with Crippen molar-refractivity contribution >= 4 is 5.91 Å². The third-order valence-electron chi connectivity index (χ3n) is 4.23. The highest BCUT2D eigenvalue weighted by Crippen LogP contribution is 2.17. The lowest BCUT2D eigenvalue weighted by Crippen LogP contribution is -2.45. The van der Waals surface area contributed by atoms with E-state index >= 15 is 0 Å². The van der Waals surface area contributed by atoms with Crippen LogP contribution in [-0.2, 0) is 6.42 Å². The van der Waals surface area contributed by atoms with Crippen LogP contribution >= 0.6 is 0 Å². The third kappa shape index (κ3) is 4.30. The second kappa shape index (κ2) is 7.59. The number of carbonyl (C=O) groups excluding carboxylic acids is 1. The minimum Gasteiger partial charge on any atom is -0.349 e. The minimum atomic E-state index is -0.0709. The molecule has 118 valence electrons. The zero-order valence-corrected chi connectivity index (χ0v) is 13.5. The van der Waals surface area contributed by atoms with Crippen LogP contribution in [-0.4, -0.2) is 46.7 Å². The molecule has 1 aliphatic heterocycles. The van der Waals surface area contributed by atoms with Gasteiger partial charge in [-0.15, -0.1) is 0 Å². The van der Waals surface area contributed by atoms with Crippen LogP contribution in [0.3, 0.4) is 0 Å². The van der Waals surface area contributed by atoms with Crippen LogP contribution in [0.25, 0.3) is 0 Å². The summed E-state index contributed by atoms with van der Waals surface area (Å²) in [5.74, 6) is 0.469. The number of nitrogens with zero attached hydrogens (tertiary/aromatic N) is 2. The molecule has 21 heavy (non-hydrogen) atoms. The lowest BCUT2D eigenvalue weighted by atomic mass is 10.0. The number of amides is 1. The van der Waals surface area contributed by atoms with E-state index in [0.717, 1.165) is 31.6 Å². The van der Waals surface area contributed by atoms with E-state index in [2.05, 4.69) is 41.2 Å². The van der Waals surface area contributed by atoms with Crippen molar-refractivity contribution in [3.05, 3.63) is 17.5 Å². The van der Waals surface area contributed by atoms with E-state index in [1.165, 1.54) is 12.8 Å². The molecule has 1 aromatic heterocycles. The average molecular weight is 292 g/mol. The Morgan fingerprint density at radius 2 is 2.14 bits per heavy atom. The predicted molar refractivity (Wildman–Crippen MR) is 84.3 cm³/mol. The Kier molecular flexibility index (Phi) is 5.79. The summed E-state index contributed by atoms with van der Waals surface area (Å²) >= 11 is 0. The fourth-order valence-corrected chi connectivity index (χ4v) is 3.02. The SMILES string of the molecule is CCCc1cc(C(=O)NC[C@H](C(C)C)N2CCCC2)n[nH]1. The average Bonchev–Trinajstić information content (AvgIpc) is 3.10. The van der Waals surface area contributed by atoms with Crippen molar-refractivity contribution < 1.29 is 4.79 Å². The molecule has 0 spiro atoms. The number of hydrogen-bond acceptors (Lipinski definition) is 3. The molecular weight excluding hydrogens is 264 g/mol. The van der Waals surface area contributed by atoms with Crippen LogP contribution in [0.4, 0.5) is 0 Å². The Balaban J connectivity index is 1.88. The number of H-pyrrole nitrogens is 1. The largest absolute Gasteiger partial charge is 0.349 e. The first-order valence-electron chi connectivity index (χ1n) is 8.18.